The zero-order chi connectivity index (χ0) is 17.5. The van der Waals surface area contributed by atoms with E-state index in [0.29, 0.717) is 6.10 Å². The van der Waals surface area contributed by atoms with Crippen LogP contribution in [-0.2, 0) is 9.47 Å². The molecule has 3 unspecified atom stereocenters. The van der Waals surface area contributed by atoms with Gasteiger partial charge in [0.25, 0.3) is 0 Å². The van der Waals surface area contributed by atoms with Crippen molar-refractivity contribution in [1.82, 2.24) is 10.2 Å². The topological polar surface area (TPSA) is 46.1 Å². The number of nitrogens with zero attached hydrogens (tertiary/aromatic N) is 2. The zero-order valence-electron chi connectivity index (χ0n) is 16.6. The van der Waals surface area contributed by atoms with Gasteiger partial charge in [0.2, 0.25) is 0 Å². The van der Waals surface area contributed by atoms with Crippen LogP contribution in [-0.4, -0.2) is 64.0 Å². The van der Waals surface area contributed by atoms with E-state index in [1.807, 2.05) is 7.05 Å². The van der Waals surface area contributed by atoms with E-state index >= 15 is 0 Å². The van der Waals surface area contributed by atoms with Crippen LogP contribution in [0, 0.1) is 17.8 Å². The molecule has 2 aliphatic carbocycles. The van der Waals surface area contributed by atoms with E-state index in [1.165, 1.54) is 32.1 Å². The van der Waals surface area contributed by atoms with Gasteiger partial charge in [0, 0.05) is 47.0 Å². The standard InChI is InChI=1S/C20H37N3O2.HI/c1-21-20(22-9-6-18-15-16-4-5-17(18)14-16)23-10-7-19(8-11-23)25-13-3-12-24-2;/h16-19H,3-15H2,1-2H3,(H,21,22);1H. The third-order valence-electron chi connectivity index (χ3n) is 6.48. The van der Waals surface area contributed by atoms with Crippen molar-refractivity contribution < 1.29 is 9.47 Å². The maximum absolute atomic E-state index is 5.96. The van der Waals surface area contributed by atoms with Gasteiger partial charge in [-0.15, -0.1) is 24.0 Å². The first-order chi connectivity index (χ1) is 12.3. The van der Waals surface area contributed by atoms with Gasteiger partial charge in [-0.05, 0) is 62.7 Å². The maximum Gasteiger partial charge on any atom is 0.193 e. The smallest absolute Gasteiger partial charge is 0.193 e. The van der Waals surface area contributed by atoms with Crippen LogP contribution in [0.25, 0.3) is 0 Å². The zero-order valence-corrected chi connectivity index (χ0v) is 19.0. The summed E-state index contributed by atoms with van der Waals surface area (Å²) in [6.07, 6.45) is 10.9. The second-order valence-electron chi connectivity index (χ2n) is 8.10. The van der Waals surface area contributed by atoms with Crippen LogP contribution in [0.5, 0.6) is 0 Å². The Labute approximate surface area is 176 Å². The van der Waals surface area contributed by atoms with Crippen molar-refractivity contribution in [3.05, 3.63) is 0 Å². The van der Waals surface area contributed by atoms with Crippen molar-refractivity contribution in [1.29, 1.82) is 0 Å². The normalized spacial score (nSPS) is 29.1. The molecule has 3 atom stereocenters. The first kappa shape index (κ1) is 22.2. The summed E-state index contributed by atoms with van der Waals surface area (Å²) < 4.78 is 11.0. The SMILES string of the molecule is CN=C(NCCC1CC2CCC1C2)N1CCC(OCCCOC)CC1.I. The summed E-state index contributed by atoms with van der Waals surface area (Å²) in [5.74, 6) is 4.13. The number of aliphatic imine (C=N–C) groups is 1. The number of rotatable bonds is 8. The van der Waals surface area contributed by atoms with Crippen molar-refractivity contribution in [2.75, 3.05) is 47.0 Å². The van der Waals surface area contributed by atoms with Crippen molar-refractivity contribution in [2.45, 2.75) is 57.5 Å². The molecule has 2 bridgehead atoms. The molecule has 0 radical (unpaired) electrons. The Bertz CT molecular complexity index is 427. The van der Waals surface area contributed by atoms with Crippen molar-refractivity contribution in [3.8, 4) is 0 Å². The molecule has 5 nitrogen and oxygen atoms in total. The number of halogens is 1. The average molecular weight is 479 g/mol. The molecular weight excluding hydrogens is 441 g/mol. The molecule has 3 fully saturated rings. The highest BCUT2D eigenvalue weighted by Gasteiger charge is 2.38. The number of piperidine rings is 1. The molecular formula is C20H38IN3O2. The molecule has 0 spiro atoms. The largest absolute Gasteiger partial charge is 0.385 e. The summed E-state index contributed by atoms with van der Waals surface area (Å²) >= 11 is 0. The summed E-state index contributed by atoms with van der Waals surface area (Å²) in [6.45, 7) is 4.77. The number of methoxy groups -OCH3 is 1. The van der Waals surface area contributed by atoms with Crippen LogP contribution < -0.4 is 5.32 Å². The fourth-order valence-electron chi connectivity index (χ4n) is 5.12. The maximum atomic E-state index is 5.96. The number of likely N-dealkylation sites (tertiary alicyclic amines) is 1. The lowest BCUT2D eigenvalue weighted by molar-refractivity contribution is 0.00990. The van der Waals surface area contributed by atoms with Crippen molar-refractivity contribution in [2.24, 2.45) is 22.7 Å². The Hall–Kier alpha value is -0.0800. The molecule has 6 heteroatoms. The predicted molar refractivity (Wildman–Crippen MR) is 117 cm³/mol. The lowest BCUT2D eigenvalue weighted by Crippen LogP contribution is -2.47. The number of guanidine groups is 1. The van der Waals surface area contributed by atoms with Gasteiger partial charge in [-0.25, -0.2) is 0 Å². The molecule has 0 aromatic heterocycles. The van der Waals surface area contributed by atoms with Gasteiger partial charge in [0.15, 0.2) is 5.96 Å². The van der Waals surface area contributed by atoms with E-state index in [2.05, 4.69) is 15.2 Å². The van der Waals surface area contributed by atoms with Gasteiger partial charge >= 0.3 is 0 Å². The number of hydrogen-bond donors (Lipinski definition) is 1. The Morgan fingerprint density at radius 2 is 1.92 bits per heavy atom. The van der Waals surface area contributed by atoms with Crippen LogP contribution in [0.1, 0.15) is 51.4 Å². The van der Waals surface area contributed by atoms with Crippen LogP contribution >= 0.6 is 24.0 Å². The van der Waals surface area contributed by atoms with Gasteiger partial charge in [0.05, 0.1) is 6.10 Å². The summed E-state index contributed by atoms with van der Waals surface area (Å²) in [4.78, 5) is 6.91. The minimum Gasteiger partial charge on any atom is -0.385 e. The molecule has 0 amide bonds. The quantitative estimate of drug-likeness (QED) is 0.251. The Kier molecular flexibility index (Phi) is 9.99. The molecule has 0 aromatic rings. The van der Waals surface area contributed by atoms with E-state index in [1.54, 1.807) is 7.11 Å². The molecule has 3 aliphatic rings. The third kappa shape index (κ3) is 6.23. The Morgan fingerprint density at radius 1 is 1.12 bits per heavy atom. The number of hydrogen-bond acceptors (Lipinski definition) is 3. The summed E-state index contributed by atoms with van der Waals surface area (Å²) in [5.41, 5.74) is 0. The molecule has 1 saturated heterocycles. The molecule has 3 rings (SSSR count). The molecule has 0 aromatic carbocycles. The minimum atomic E-state index is 0. The van der Waals surface area contributed by atoms with E-state index in [4.69, 9.17) is 9.47 Å². The number of nitrogens with one attached hydrogen (secondary N) is 1. The van der Waals surface area contributed by atoms with Crippen LogP contribution in [0.2, 0.25) is 0 Å². The molecule has 1 N–H and O–H groups in total. The highest BCUT2D eigenvalue weighted by Crippen LogP contribution is 2.49. The molecule has 2 saturated carbocycles. The monoisotopic (exact) mass is 479 g/mol. The van der Waals surface area contributed by atoms with E-state index < -0.39 is 0 Å². The lowest BCUT2D eigenvalue weighted by atomic mass is 9.86. The Morgan fingerprint density at radius 3 is 2.54 bits per heavy atom. The molecule has 152 valence electrons. The van der Waals surface area contributed by atoms with Crippen LogP contribution in [0.3, 0.4) is 0 Å². The van der Waals surface area contributed by atoms with Crippen LogP contribution in [0.15, 0.2) is 4.99 Å². The van der Waals surface area contributed by atoms with E-state index in [-0.39, 0.29) is 24.0 Å². The van der Waals surface area contributed by atoms with Gasteiger partial charge in [-0.1, -0.05) is 6.42 Å². The fraction of sp³-hybridized carbons (Fsp3) is 0.950. The fourth-order valence-corrected chi connectivity index (χ4v) is 5.12. The molecule has 1 heterocycles. The Balaban J connectivity index is 0.00000243. The predicted octanol–water partition coefficient (Wildman–Crippen LogP) is 3.52. The van der Waals surface area contributed by atoms with Crippen molar-refractivity contribution >= 4 is 29.9 Å². The summed E-state index contributed by atoms with van der Waals surface area (Å²) in [7, 11) is 3.65. The van der Waals surface area contributed by atoms with Gasteiger partial charge in [-0.3, -0.25) is 4.99 Å². The molecule has 26 heavy (non-hydrogen) atoms. The van der Waals surface area contributed by atoms with E-state index in [9.17, 15) is 0 Å². The first-order valence-electron chi connectivity index (χ1n) is 10.4. The third-order valence-corrected chi connectivity index (χ3v) is 6.48. The van der Waals surface area contributed by atoms with Gasteiger partial charge in [0.1, 0.15) is 0 Å². The summed E-state index contributed by atoms with van der Waals surface area (Å²) in [6, 6.07) is 0. The number of ether oxygens (including phenoxy) is 2. The average Bonchev–Trinajstić information content (AvgIpc) is 3.26. The van der Waals surface area contributed by atoms with E-state index in [0.717, 1.165) is 75.8 Å². The van der Waals surface area contributed by atoms with Crippen LogP contribution in [0.4, 0.5) is 0 Å². The minimum absolute atomic E-state index is 0. The second-order valence-corrected chi connectivity index (χ2v) is 8.10. The second kappa shape index (κ2) is 11.7. The molecule has 1 aliphatic heterocycles. The highest BCUT2D eigenvalue weighted by atomic mass is 127. The first-order valence-corrected chi connectivity index (χ1v) is 10.4. The van der Waals surface area contributed by atoms with Crippen molar-refractivity contribution in [3.63, 3.8) is 0 Å². The number of fused-ring (bicyclic) bond motifs is 2. The lowest BCUT2D eigenvalue weighted by Gasteiger charge is -2.34. The van der Waals surface area contributed by atoms with Gasteiger partial charge in [-0.2, -0.15) is 0 Å². The van der Waals surface area contributed by atoms with Gasteiger partial charge < -0.3 is 19.7 Å². The summed E-state index contributed by atoms with van der Waals surface area (Å²) in [5, 5.41) is 3.62. The highest BCUT2D eigenvalue weighted by molar-refractivity contribution is 14.0.